The third kappa shape index (κ3) is 5.83. The number of benzene rings is 3. The van der Waals surface area contributed by atoms with Gasteiger partial charge in [-0.05, 0) is 46.4 Å². The number of rotatable bonds is 10. The Labute approximate surface area is 209 Å². The van der Waals surface area contributed by atoms with Gasteiger partial charge in [0.05, 0.1) is 7.11 Å². The molecule has 0 aliphatic heterocycles. The number of nitrogens with two attached hydrogens (primary N) is 1. The summed E-state index contributed by atoms with van der Waals surface area (Å²) in [5.74, 6) is -0.701. The number of esters is 1. The van der Waals surface area contributed by atoms with Crippen LogP contribution in [0.15, 0.2) is 72.8 Å². The van der Waals surface area contributed by atoms with Gasteiger partial charge < -0.3 is 25.3 Å². The van der Waals surface area contributed by atoms with Crippen molar-refractivity contribution in [2.75, 3.05) is 13.7 Å². The lowest BCUT2D eigenvalue weighted by atomic mass is 9.98. The van der Waals surface area contributed by atoms with Crippen LogP contribution in [-0.4, -0.2) is 37.7 Å². The minimum absolute atomic E-state index is 0.000967. The van der Waals surface area contributed by atoms with E-state index in [2.05, 4.69) is 5.32 Å². The minimum atomic E-state index is -1.08. The molecule has 0 aromatic heterocycles. The molecule has 0 fully saturated rings. The molecular weight excluding hydrogens is 460 g/mol. The molecule has 3 N–H and O–H groups in total. The summed E-state index contributed by atoms with van der Waals surface area (Å²) in [6.45, 7) is 0.103. The number of hydrogen-bond donors (Lipinski definition) is 2. The first-order valence-corrected chi connectivity index (χ1v) is 11.7. The fourth-order valence-corrected chi connectivity index (χ4v) is 4.29. The molecule has 36 heavy (non-hydrogen) atoms. The molecule has 2 amide bonds. The highest BCUT2D eigenvalue weighted by Crippen LogP contribution is 2.44. The van der Waals surface area contributed by atoms with E-state index in [-0.39, 0.29) is 32.0 Å². The maximum absolute atomic E-state index is 12.7. The van der Waals surface area contributed by atoms with E-state index in [1.165, 1.54) is 0 Å². The first-order chi connectivity index (χ1) is 17.5. The van der Waals surface area contributed by atoms with E-state index in [1.807, 2.05) is 48.5 Å². The van der Waals surface area contributed by atoms with Gasteiger partial charge in [-0.25, -0.2) is 9.59 Å². The molecular formula is C28H28N2O6. The molecule has 0 bridgehead atoms. The maximum atomic E-state index is 12.7. The number of fused-ring (bicyclic) bond motifs is 3. The number of primary amides is 1. The monoisotopic (exact) mass is 488 g/mol. The first kappa shape index (κ1) is 24.8. The van der Waals surface area contributed by atoms with Crippen LogP contribution >= 0.6 is 0 Å². The zero-order valence-corrected chi connectivity index (χ0v) is 19.9. The fraction of sp³-hybridized carbons (Fsp3) is 0.250. The van der Waals surface area contributed by atoms with Gasteiger partial charge in [0.15, 0.2) is 0 Å². The third-order valence-electron chi connectivity index (χ3n) is 6.14. The largest absolute Gasteiger partial charge is 0.497 e. The number of methoxy groups -OCH3 is 1. The Bertz CT molecular complexity index is 1200. The van der Waals surface area contributed by atoms with Crippen molar-refractivity contribution in [1.29, 1.82) is 0 Å². The molecule has 1 aliphatic carbocycles. The zero-order chi connectivity index (χ0) is 25.5. The van der Waals surface area contributed by atoms with Crippen LogP contribution in [0.1, 0.15) is 35.4 Å². The highest BCUT2D eigenvalue weighted by atomic mass is 16.6. The summed E-state index contributed by atoms with van der Waals surface area (Å²) < 4.78 is 16.0. The van der Waals surface area contributed by atoms with Crippen LogP contribution in [-0.2, 0) is 25.7 Å². The fourth-order valence-electron chi connectivity index (χ4n) is 4.29. The predicted molar refractivity (Wildman–Crippen MR) is 133 cm³/mol. The Morgan fingerprint density at radius 2 is 1.50 bits per heavy atom. The number of amides is 2. The second kappa shape index (κ2) is 11.4. The summed E-state index contributed by atoms with van der Waals surface area (Å²) >= 11 is 0. The SMILES string of the molecule is COc1ccc(COC(=O)C(CCC(N)=O)NC(=O)OCC2c3ccccc3-c3ccccc32)cc1. The summed E-state index contributed by atoms with van der Waals surface area (Å²) in [6, 6.07) is 22.0. The second-order valence-corrected chi connectivity index (χ2v) is 8.48. The molecule has 1 aliphatic rings. The van der Waals surface area contributed by atoms with Crippen molar-refractivity contribution in [3.63, 3.8) is 0 Å². The molecule has 8 nitrogen and oxygen atoms in total. The molecule has 3 aromatic carbocycles. The lowest BCUT2D eigenvalue weighted by Gasteiger charge is -2.19. The Hall–Kier alpha value is -4.33. The Balaban J connectivity index is 1.37. The lowest BCUT2D eigenvalue weighted by molar-refractivity contribution is -0.147. The molecule has 0 heterocycles. The summed E-state index contributed by atoms with van der Waals surface area (Å²) in [7, 11) is 1.56. The third-order valence-corrected chi connectivity index (χ3v) is 6.14. The van der Waals surface area contributed by atoms with Crippen LogP contribution in [0.3, 0.4) is 0 Å². The molecule has 0 saturated heterocycles. The van der Waals surface area contributed by atoms with Crippen LogP contribution in [0.4, 0.5) is 4.79 Å². The molecule has 1 atom stereocenters. The lowest BCUT2D eigenvalue weighted by Crippen LogP contribution is -2.43. The van der Waals surface area contributed by atoms with Gasteiger partial charge in [-0.2, -0.15) is 0 Å². The van der Waals surface area contributed by atoms with E-state index in [1.54, 1.807) is 31.4 Å². The second-order valence-electron chi connectivity index (χ2n) is 8.48. The smallest absolute Gasteiger partial charge is 0.407 e. The number of carbonyl (C=O) groups excluding carboxylic acids is 3. The molecule has 186 valence electrons. The van der Waals surface area contributed by atoms with E-state index in [0.29, 0.717) is 5.75 Å². The van der Waals surface area contributed by atoms with Crippen LogP contribution in [0.2, 0.25) is 0 Å². The van der Waals surface area contributed by atoms with Crippen molar-refractivity contribution in [3.05, 3.63) is 89.5 Å². The van der Waals surface area contributed by atoms with Gasteiger partial charge in [0.25, 0.3) is 0 Å². The van der Waals surface area contributed by atoms with Gasteiger partial charge in [-0.1, -0.05) is 60.7 Å². The molecule has 0 saturated carbocycles. The highest BCUT2D eigenvalue weighted by Gasteiger charge is 2.30. The normalized spacial score (nSPS) is 12.7. The van der Waals surface area contributed by atoms with E-state index in [9.17, 15) is 14.4 Å². The van der Waals surface area contributed by atoms with Crippen LogP contribution < -0.4 is 15.8 Å². The van der Waals surface area contributed by atoms with Crippen molar-refractivity contribution in [1.82, 2.24) is 5.32 Å². The first-order valence-electron chi connectivity index (χ1n) is 11.7. The van der Waals surface area contributed by atoms with Gasteiger partial charge in [-0.3, -0.25) is 4.79 Å². The summed E-state index contributed by atoms with van der Waals surface area (Å²) in [6.07, 6.45) is -0.861. The Kier molecular flexibility index (Phi) is 7.85. The van der Waals surface area contributed by atoms with Crippen molar-refractivity contribution in [3.8, 4) is 16.9 Å². The van der Waals surface area contributed by atoms with Crippen LogP contribution in [0.25, 0.3) is 11.1 Å². The van der Waals surface area contributed by atoms with Gasteiger partial charge in [0.1, 0.15) is 25.0 Å². The number of alkyl carbamates (subject to hydrolysis) is 1. The van der Waals surface area contributed by atoms with Crippen molar-refractivity contribution in [2.24, 2.45) is 5.73 Å². The molecule has 4 rings (SSSR count). The predicted octanol–water partition coefficient (Wildman–Crippen LogP) is 3.91. The van der Waals surface area contributed by atoms with Crippen molar-refractivity contribution >= 4 is 18.0 Å². The van der Waals surface area contributed by atoms with E-state index in [4.69, 9.17) is 19.9 Å². The summed E-state index contributed by atoms with van der Waals surface area (Å²) in [5.41, 5.74) is 10.4. The minimum Gasteiger partial charge on any atom is -0.497 e. The molecule has 8 heteroatoms. The van der Waals surface area contributed by atoms with Gasteiger partial charge in [-0.15, -0.1) is 0 Å². The number of nitrogens with one attached hydrogen (secondary N) is 1. The molecule has 1 unspecified atom stereocenters. The highest BCUT2D eigenvalue weighted by molar-refractivity contribution is 5.83. The Morgan fingerprint density at radius 1 is 0.889 bits per heavy atom. The average molecular weight is 489 g/mol. The standard InChI is InChI=1S/C28H28N2O6/c1-34-19-12-10-18(11-13-19)16-35-27(32)25(14-15-26(29)31)30-28(33)36-17-24-22-8-4-2-6-20(22)21-7-3-5-9-23(21)24/h2-13,24-25H,14-17H2,1H3,(H2,29,31)(H,30,33). The van der Waals surface area contributed by atoms with E-state index in [0.717, 1.165) is 27.8 Å². The van der Waals surface area contributed by atoms with E-state index >= 15 is 0 Å². The molecule has 0 radical (unpaired) electrons. The van der Waals surface area contributed by atoms with Crippen LogP contribution in [0, 0.1) is 0 Å². The number of carbonyl (C=O) groups is 3. The van der Waals surface area contributed by atoms with Crippen LogP contribution in [0.5, 0.6) is 5.75 Å². The zero-order valence-electron chi connectivity index (χ0n) is 19.9. The quantitative estimate of drug-likeness (QED) is 0.418. The van der Waals surface area contributed by atoms with Gasteiger partial charge >= 0.3 is 12.1 Å². The number of ether oxygens (including phenoxy) is 3. The van der Waals surface area contributed by atoms with Gasteiger partial charge in [0, 0.05) is 12.3 Å². The van der Waals surface area contributed by atoms with Gasteiger partial charge in [0.2, 0.25) is 5.91 Å². The van der Waals surface area contributed by atoms with Crippen molar-refractivity contribution < 1.29 is 28.6 Å². The number of hydrogen-bond acceptors (Lipinski definition) is 6. The average Bonchev–Trinajstić information content (AvgIpc) is 3.22. The summed E-state index contributed by atoms with van der Waals surface area (Å²) in [4.78, 5) is 36.7. The van der Waals surface area contributed by atoms with E-state index < -0.39 is 24.0 Å². The topological polar surface area (TPSA) is 117 Å². The molecule has 3 aromatic rings. The maximum Gasteiger partial charge on any atom is 0.407 e. The summed E-state index contributed by atoms with van der Waals surface area (Å²) in [5, 5.41) is 2.54. The molecule has 0 spiro atoms. The Morgan fingerprint density at radius 3 is 2.08 bits per heavy atom. The van der Waals surface area contributed by atoms with Crippen molar-refractivity contribution in [2.45, 2.75) is 31.4 Å².